The molecular weight excluding hydrogens is 329 g/mol. The van der Waals surface area contributed by atoms with Crippen LogP contribution in [-0.2, 0) is 0 Å². The predicted molar refractivity (Wildman–Crippen MR) is 100 cm³/mol. The first-order valence-electron chi connectivity index (χ1n) is 7.90. The van der Waals surface area contributed by atoms with Crippen LogP contribution in [0.5, 0.6) is 0 Å². The van der Waals surface area contributed by atoms with E-state index in [0.29, 0.717) is 11.3 Å². The molecule has 0 N–H and O–H groups in total. The molecule has 0 fully saturated rings. The summed E-state index contributed by atoms with van der Waals surface area (Å²) in [6, 6.07) is 7.48. The second-order valence-corrected chi connectivity index (χ2v) is 5.61. The largest absolute Gasteiger partial charge is 0.300 e. The van der Waals surface area contributed by atoms with Gasteiger partial charge in [-0.15, -0.1) is 0 Å². The number of halogens is 1. The van der Waals surface area contributed by atoms with Crippen molar-refractivity contribution in [2.45, 2.75) is 0 Å². The van der Waals surface area contributed by atoms with E-state index in [9.17, 15) is 4.39 Å². The van der Waals surface area contributed by atoms with E-state index in [1.165, 1.54) is 12.4 Å². The fraction of sp³-hybridized carbons (Fsp3) is 0. The first kappa shape index (κ1) is 15.8. The van der Waals surface area contributed by atoms with Crippen LogP contribution in [0, 0.1) is 0 Å². The summed E-state index contributed by atoms with van der Waals surface area (Å²) in [5.74, 6) is -0.585. The van der Waals surface area contributed by atoms with Gasteiger partial charge in [-0.3, -0.25) is 0 Å². The maximum absolute atomic E-state index is 14.0. The molecule has 0 spiro atoms. The molecule has 6 heteroatoms. The number of aromatic nitrogens is 5. The lowest BCUT2D eigenvalue weighted by atomic mass is 10.1. The number of nitrogens with zero attached hydrogens (tertiary/aromatic N) is 5. The Morgan fingerprint density at radius 1 is 1.23 bits per heavy atom. The summed E-state index contributed by atoms with van der Waals surface area (Å²) in [4.78, 5) is 17.2. The molecule has 0 atom stereocenters. The zero-order valence-electron chi connectivity index (χ0n) is 13.8. The highest BCUT2D eigenvalue weighted by atomic mass is 19.1. The average Bonchev–Trinajstić information content (AvgIpc) is 3.09. The monoisotopic (exact) mass is 343 g/mol. The number of fused-ring (bicyclic) bond motifs is 2. The summed E-state index contributed by atoms with van der Waals surface area (Å²) in [6.07, 6.45) is 9.83. The molecule has 0 aliphatic heterocycles. The van der Waals surface area contributed by atoms with Crippen LogP contribution in [0.3, 0.4) is 0 Å². The van der Waals surface area contributed by atoms with E-state index in [-0.39, 0.29) is 5.57 Å². The SMILES string of the molecule is C=C/C=C(\C(=C)F)c1cc(-n2ccc3cncnc32)c2cccnc2n1. The molecule has 5 nitrogen and oxygen atoms in total. The van der Waals surface area contributed by atoms with Crippen molar-refractivity contribution >= 4 is 27.6 Å². The van der Waals surface area contributed by atoms with Gasteiger partial charge >= 0.3 is 0 Å². The molecule has 4 aromatic heterocycles. The zero-order chi connectivity index (χ0) is 18.1. The molecule has 0 aliphatic rings. The Morgan fingerprint density at radius 3 is 2.92 bits per heavy atom. The highest BCUT2D eigenvalue weighted by molar-refractivity contribution is 5.90. The third-order valence-electron chi connectivity index (χ3n) is 4.02. The molecule has 4 aromatic rings. The third-order valence-corrected chi connectivity index (χ3v) is 4.02. The minimum absolute atomic E-state index is 0.264. The molecule has 0 radical (unpaired) electrons. The highest BCUT2D eigenvalue weighted by Gasteiger charge is 2.15. The van der Waals surface area contributed by atoms with E-state index in [1.807, 2.05) is 29.0 Å². The van der Waals surface area contributed by atoms with Gasteiger partial charge in [-0.1, -0.05) is 25.3 Å². The molecule has 126 valence electrons. The summed E-state index contributed by atoms with van der Waals surface area (Å²) in [6.45, 7) is 7.04. The smallest absolute Gasteiger partial charge is 0.161 e. The first-order valence-corrected chi connectivity index (χ1v) is 7.90. The molecule has 0 aromatic carbocycles. The molecule has 4 heterocycles. The zero-order valence-corrected chi connectivity index (χ0v) is 13.8. The minimum Gasteiger partial charge on any atom is -0.300 e. The molecule has 4 rings (SSSR count). The van der Waals surface area contributed by atoms with Gasteiger partial charge in [0.1, 0.15) is 17.8 Å². The summed E-state index contributed by atoms with van der Waals surface area (Å²) in [5.41, 5.74) is 2.74. The maximum atomic E-state index is 14.0. The summed E-state index contributed by atoms with van der Waals surface area (Å²) in [5, 5.41) is 1.73. The Hall–Kier alpha value is -3.67. The lowest BCUT2D eigenvalue weighted by molar-refractivity contribution is 0.677. The number of allylic oxidation sites excluding steroid dienone is 4. The minimum atomic E-state index is -0.585. The number of hydrogen-bond donors (Lipinski definition) is 0. The van der Waals surface area contributed by atoms with Gasteiger partial charge in [-0.25, -0.2) is 24.3 Å². The van der Waals surface area contributed by atoms with Crippen molar-refractivity contribution < 1.29 is 4.39 Å². The van der Waals surface area contributed by atoms with Crippen LogP contribution in [0.25, 0.3) is 33.3 Å². The first-order chi connectivity index (χ1) is 12.7. The van der Waals surface area contributed by atoms with Crippen molar-refractivity contribution in [3.05, 3.63) is 86.0 Å². The molecule has 0 saturated heterocycles. The van der Waals surface area contributed by atoms with E-state index >= 15 is 0 Å². The topological polar surface area (TPSA) is 56.5 Å². The van der Waals surface area contributed by atoms with E-state index in [1.54, 1.807) is 24.5 Å². The molecule has 0 aliphatic carbocycles. The van der Waals surface area contributed by atoms with Crippen LogP contribution in [0.1, 0.15) is 5.69 Å². The molecule has 0 amide bonds. The lowest BCUT2D eigenvalue weighted by Crippen LogP contribution is -2.01. The van der Waals surface area contributed by atoms with Crippen molar-refractivity contribution in [3.63, 3.8) is 0 Å². The highest BCUT2D eigenvalue weighted by Crippen LogP contribution is 2.29. The van der Waals surface area contributed by atoms with Crippen LogP contribution in [0.4, 0.5) is 4.39 Å². The quantitative estimate of drug-likeness (QED) is 0.515. The van der Waals surface area contributed by atoms with E-state index in [4.69, 9.17) is 0 Å². The van der Waals surface area contributed by atoms with Crippen LogP contribution >= 0.6 is 0 Å². The van der Waals surface area contributed by atoms with E-state index in [2.05, 4.69) is 33.1 Å². The Morgan fingerprint density at radius 2 is 2.12 bits per heavy atom. The Bertz CT molecular complexity index is 1190. The van der Waals surface area contributed by atoms with E-state index < -0.39 is 5.83 Å². The van der Waals surface area contributed by atoms with E-state index in [0.717, 1.165) is 22.1 Å². The molecule has 0 bridgehead atoms. The van der Waals surface area contributed by atoms with Crippen LogP contribution in [0.2, 0.25) is 0 Å². The lowest BCUT2D eigenvalue weighted by Gasteiger charge is -2.12. The number of pyridine rings is 2. The molecular formula is C20H14FN5. The van der Waals surface area contributed by atoms with Gasteiger partial charge in [0.25, 0.3) is 0 Å². The van der Waals surface area contributed by atoms with Crippen molar-refractivity contribution in [1.82, 2.24) is 24.5 Å². The van der Waals surface area contributed by atoms with Crippen LogP contribution in [0.15, 0.2) is 80.3 Å². The Balaban J connectivity index is 2.06. The number of hydrogen-bond acceptors (Lipinski definition) is 4. The fourth-order valence-electron chi connectivity index (χ4n) is 2.88. The summed E-state index contributed by atoms with van der Waals surface area (Å²) >= 11 is 0. The Kier molecular flexibility index (Phi) is 3.85. The second kappa shape index (κ2) is 6.33. The number of rotatable bonds is 4. The maximum Gasteiger partial charge on any atom is 0.161 e. The predicted octanol–water partition coefficient (Wildman–Crippen LogP) is 4.42. The van der Waals surface area contributed by atoms with Gasteiger partial charge in [0.05, 0.1) is 11.4 Å². The second-order valence-electron chi connectivity index (χ2n) is 5.61. The average molecular weight is 343 g/mol. The van der Waals surface area contributed by atoms with Crippen LogP contribution in [-0.4, -0.2) is 24.5 Å². The van der Waals surface area contributed by atoms with Crippen molar-refractivity contribution in [1.29, 1.82) is 0 Å². The van der Waals surface area contributed by atoms with Crippen molar-refractivity contribution in [2.24, 2.45) is 0 Å². The van der Waals surface area contributed by atoms with Gasteiger partial charge in [0, 0.05) is 34.9 Å². The van der Waals surface area contributed by atoms with Gasteiger partial charge in [-0.05, 0) is 24.3 Å². The molecule has 26 heavy (non-hydrogen) atoms. The third kappa shape index (κ3) is 2.57. The van der Waals surface area contributed by atoms with Gasteiger partial charge in [-0.2, -0.15) is 0 Å². The standard InChI is InChI=1S/C20H14FN5/c1-3-5-15(13(2)21)17-10-18(16-6-4-8-23-19(16)25-17)26-9-7-14-11-22-12-24-20(14)26/h3-12H,1-2H2/b15-5+. The Labute approximate surface area is 148 Å². The van der Waals surface area contributed by atoms with Gasteiger partial charge < -0.3 is 4.57 Å². The van der Waals surface area contributed by atoms with Crippen LogP contribution < -0.4 is 0 Å². The van der Waals surface area contributed by atoms with Crippen molar-refractivity contribution in [2.75, 3.05) is 0 Å². The normalized spacial score (nSPS) is 11.8. The molecule has 0 saturated carbocycles. The fourth-order valence-corrected chi connectivity index (χ4v) is 2.88. The molecule has 0 unspecified atom stereocenters. The summed E-state index contributed by atoms with van der Waals surface area (Å²) < 4.78 is 15.9. The van der Waals surface area contributed by atoms with Gasteiger partial charge in [0.2, 0.25) is 0 Å². The van der Waals surface area contributed by atoms with Gasteiger partial charge in [0.15, 0.2) is 5.65 Å². The van der Waals surface area contributed by atoms with Crippen molar-refractivity contribution in [3.8, 4) is 5.69 Å². The summed E-state index contributed by atoms with van der Waals surface area (Å²) in [7, 11) is 0.